The van der Waals surface area contributed by atoms with Crippen molar-refractivity contribution in [2.75, 3.05) is 12.4 Å². The van der Waals surface area contributed by atoms with Crippen LogP contribution in [0.15, 0.2) is 71.8 Å². The molecule has 0 radical (unpaired) electrons. The maximum atomic E-state index is 6.19. The average molecular weight is 476 g/mol. The number of rotatable bonds is 6. The van der Waals surface area contributed by atoms with Gasteiger partial charge < -0.3 is 19.5 Å². The molecular weight excluding hydrogens is 446 g/mol. The van der Waals surface area contributed by atoms with Crippen molar-refractivity contribution in [1.82, 2.24) is 5.43 Å². The molecule has 0 saturated carbocycles. The number of hydrogen-bond donors (Lipinski definition) is 2. The van der Waals surface area contributed by atoms with E-state index in [0.717, 1.165) is 34.0 Å². The van der Waals surface area contributed by atoms with E-state index in [1.54, 1.807) is 7.11 Å². The minimum absolute atomic E-state index is 0.370. The van der Waals surface area contributed by atoms with Gasteiger partial charge in [0.15, 0.2) is 5.11 Å². The summed E-state index contributed by atoms with van der Waals surface area (Å²) in [6.45, 7) is 6.66. The third-order valence-corrected chi connectivity index (χ3v) is 5.74. The van der Waals surface area contributed by atoms with Crippen LogP contribution in [0.3, 0.4) is 0 Å². The number of fused-ring (bicyclic) bond motifs is 1. The minimum atomic E-state index is -0.394. The van der Waals surface area contributed by atoms with Crippen LogP contribution in [0.25, 0.3) is 0 Å². The summed E-state index contributed by atoms with van der Waals surface area (Å²) in [5.74, 6) is 2.23. The first-order valence-corrected chi connectivity index (χ1v) is 11.5. The van der Waals surface area contributed by atoms with Gasteiger partial charge in [-0.15, -0.1) is 0 Å². The molecule has 0 atom stereocenters. The molecule has 0 unspecified atom stereocenters. The van der Waals surface area contributed by atoms with Gasteiger partial charge in [-0.1, -0.05) is 36.4 Å². The van der Waals surface area contributed by atoms with E-state index in [1.807, 2.05) is 68.4 Å². The molecule has 0 aliphatic carbocycles. The summed E-state index contributed by atoms with van der Waals surface area (Å²) in [4.78, 5) is 0. The molecular formula is C27H29N3O3S. The second-order valence-corrected chi connectivity index (χ2v) is 9.14. The maximum absolute atomic E-state index is 6.19. The van der Waals surface area contributed by atoms with Crippen molar-refractivity contribution in [1.29, 1.82) is 0 Å². The second-order valence-electron chi connectivity index (χ2n) is 8.74. The van der Waals surface area contributed by atoms with Gasteiger partial charge in [-0.2, -0.15) is 5.10 Å². The summed E-state index contributed by atoms with van der Waals surface area (Å²) in [6, 6.07) is 21.6. The van der Waals surface area contributed by atoms with Crippen molar-refractivity contribution < 1.29 is 14.2 Å². The highest BCUT2D eigenvalue weighted by Gasteiger charge is 2.31. The van der Waals surface area contributed by atoms with Crippen LogP contribution in [0.5, 0.6) is 17.2 Å². The highest BCUT2D eigenvalue weighted by molar-refractivity contribution is 7.80. The summed E-state index contributed by atoms with van der Waals surface area (Å²) in [6.07, 6.45) is 0.617. The Balaban J connectivity index is 1.52. The van der Waals surface area contributed by atoms with E-state index >= 15 is 0 Å². The van der Waals surface area contributed by atoms with Gasteiger partial charge in [-0.05, 0) is 74.4 Å². The predicted octanol–water partition coefficient (Wildman–Crippen LogP) is 5.83. The molecule has 0 fully saturated rings. The van der Waals surface area contributed by atoms with Crippen molar-refractivity contribution in [2.45, 2.75) is 39.4 Å². The molecule has 0 amide bonds. The summed E-state index contributed by atoms with van der Waals surface area (Å²) >= 11 is 5.46. The van der Waals surface area contributed by atoms with E-state index in [0.29, 0.717) is 23.9 Å². The van der Waals surface area contributed by atoms with Crippen LogP contribution in [0.1, 0.15) is 37.0 Å². The van der Waals surface area contributed by atoms with E-state index in [2.05, 4.69) is 34.9 Å². The van der Waals surface area contributed by atoms with E-state index < -0.39 is 5.60 Å². The monoisotopic (exact) mass is 475 g/mol. The SMILES string of the molecule is COc1ccccc1NC(=S)NN=C1CC(C)(C)Oc2ccc(OCc3ccccc3C)cc21. The van der Waals surface area contributed by atoms with Gasteiger partial charge in [-0.3, -0.25) is 5.43 Å². The number of anilines is 1. The lowest BCUT2D eigenvalue weighted by Crippen LogP contribution is -2.37. The fourth-order valence-electron chi connectivity index (χ4n) is 3.79. The quantitative estimate of drug-likeness (QED) is 0.345. The molecule has 0 saturated heterocycles. The number of nitrogens with one attached hydrogen (secondary N) is 2. The lowest BCUT2D eigenvalue weighted by molar-refractivity contribution is 0.111. The van der Waals surface area contributed by atoms with E-state index in [9.17, 15) is 0 Å². The molecule has 0 bridgehead atoms. The second kappa shape index (κ2) is 10.1. The highest BCUT2D eigenvalue weighted by Crippen LogP contribution is 2.36. The zero-order chi connectivity index (χ0) is 24.1. The third-order valence-electron chi connectivity index (χ3n) is 5.54. The molecule has 3 aromatic rings. The zero-order valence-corrected chi connectivity index (χ0v) is 20.7. The molecule has 2 N–H and O–H groups in total. The van der Waals surface area contributed by atoms with Gasteiger partial charge in [0.1, 0.15) is 29.5 Å². The number of hydrazone groups is 1. The van der Waals surface area contributed by atoms with Crippen molar-refractivity contribution in [2.24, 2.45) is 5.10 Å². The van der Waals surface area contributed by atoms with Crippen LogP contribution < -0.4 is 25.0 Å². The van der Waals surface area contributed by atoms with E-state index in [4.69, 9.17) is 26.4 Å². The zero-order valence-electron chi connectivity index (χ0n) is 19.8. The van der Waals surface area contributed by atoms with Crippen molar-refractivity contribution in [3.05, 3.63) is 83.4 Å². The van der Waals surface area contributed by atoms with Gasteiger partial charge in [0.2, 0.25) is 0 Å². The van der Waals surface area contributed by atoms with Gasteiger partial charge >= 0.3 is 0 Å². The number of benzene rings is 3. The van der Waals surface area contributed by atoms with Gasteiger partial charge in [-0.25, -0.2) is 0 Å². The average Bonchev–Trinajstić information content (AvgIpc) is 2.82. The molecule has 1 heterocycles. The van der Waals surface area contributed by atoms with Gasteiger partial charge in [0.25, 0.3) is 0 Å². The summed E-state index contributed by atoms with van der Waals surface area (Å²) in [5, 5.41) is 8.14. The molecule has 4 rings (SSSR count). The van der Waals surface area contributed by atoms with Crippen molar-refractivity contribution in [3.8, 4) is 17.2 Å². The Morgan fingerprint density at radius 3 is 2.65 bits per heavy atom. The standard InChI is InChI=1S/C27H29N3O3S/c1-18-9-5-6-10-19(18)17-32-20-13-14-24-21(15-20)23(16-27(2,3)33-24)29-30-26(34)28-22-11-7-8-12-25(22)31-4/h5-15H,16-17H2,1-4H3,(H2,28,30,34). The van der Waals surface area contributed by atoms with Crippen LogP contribution in [-0.4, -0.2) is 23.5 Å². The molecule has 176 valence electrons. The topological polar surface area (TPSA) is 64.1 Å². The largest absolute Gasteiger partial charge is 0.495 e. The van der Waals surface area contributed by atoms with Crippen LogP contribution in [0.2, 0.25) is 0 Å². The first kappa shape index (κ1) is 23.6. The van der Waals surface area contributed by atoms with Crippen LogP contribution in [0.4, 0.5) is 5.69 Å². The first-order valence-electron chi connectivity index (χ1n) is 11.1. The number of thiocarbonyl (C=S) groups is 1. The number of methoxy groups -OCH3 is 1. The minimum Gasteiger partial charge on any atom is -0.495 e. The lowest BCUT2D eigenvalue weighted by atomic mass is 9.92. The third kappa shape index (κ3) is 5.66. The molecule has 6 nitrogen and oxygen atoms in total. The Morgan fingerprint density at radius 2 is 1.85 bits per heavy atom. The summed E-state index contributed by atoms with van der Waals surface area (Å²) in [7, 11) is 1.62. The fraction of sp³-hybridized carbons (Fsp3) is 0.259. The number of para-hydroxylation sites is 2. The Bertz CT molecular complexity index is 1220. The van der Waals surface area contributed by atoms with Crippen LogP contribution in [-0.2, 0) is 6.61 Å². The van der Waals surface area contributed by atoms with Gasteiger partial charge in [0, 0.05) is 12.0 Å². The molecule has 7 heteroatoms. The predicted molar refractivity (Wildman–Crippen MR) is 140 cm³/mol. The van der Waals surface area contributed by atoms with Crippen LogP contribution in [0, 0.1) is 6.92 Å². The Hall–Kier alpha value is -3.58. The molecule has 1 aliphatic heterocycles. The number of ether oxygens (including phenoxy) is 3. The van der Waals surface area contributed by atoms with E-state index in [1.165, 1.54) is 5.56 Å². The normalized spacial score (nSPS) is 15.1. The number of aryl methyl sites for hydroxylation is 1. The summed E-state index contributed by atoms with van der Waals surface area (Å²) < 4.78 is 17.7. The highest BCUT2D eigenvalue weighted by atomic mass is 32.1. The number of hydrogen-bond acceptors (Lipinski definition) is 5. The van der Waals surface area contributed by atoms with E-state index in [-0.39, 0.29) is 0 Å². The molecule has 34 heavy (non-hydrogen) atoms. The maximum Gasteiger partial charge on any atom is 0.191 e. The molecule has 0 spiro atoms. The lowest BCUT2D eigenvalue weighted by Gasteiger charge is -2.33. The smallest absolute Gasteiger partial charge is 0.191 e. The van der Waals surface area contributed by atoms with Crippen LogP contribution >= 0.6 is 12.2 Å². The summed E-state index contributed by atoms with van der Waals surface area (Å²) in [5.41, 5.74) is 7.43. The van der Waals surface area contributed by atoms with Gasteiger partial charge in [0.05, 0.1) is 18.5 Å². The molecule has 0 aromatic heterocycles. The Morgan fingerprint density at radius 1 is 1.09 bits per heavy atom. The first-order chi connectivity index (χ1) is 16.3. The molecule has 1 aliphatic rings. The van der Waals surface area contributed by atoms with Crippen molar-refractivity contribution >= 4 is 28.7 Å². The Labute approximate surface area is 205 Å². The van der Waals surface area contributed by atoms with Crippen molar-refractivity contribution in [3.63, 3.8) is 0 Å². The Kier molecular flexibility index (Phi) is 7.03. The fourth-order valence-corrected chi connectivity index (χ4v) is 3.95. The molecule has 3 aromatic carbocycles. The number of nitrogens with zero attached hydrogens (tertiary/aromatic N) is 1.